The van der Waals surface area contributed by atoms with Crippen LogP contribution in [0.15, 0.2) is 47.3 Å². The molecule has 1 atom stereocenters. The Labute approximate surface area is 162 Å². The van der Waals surface area contributed by atoms with Crippen molar-refractivity contribution in [3.05, 3.63) is 69.6 Å². The van der Waals surface area contributed by atoms with Crippen molar-refractivity contribution in [2.24, 2.45) is 0 Å². The van der Waals surface area contributed by atoms with Crippen LogP contribution in [-0.2, 0) is 17.8 Å². The number of nitrogens with zero attached hydrogens (tertiary/aromatic N) is 1. The molecule has 1 aliphatic rings. The van der Waals surface area contributed by atoms with Crippen LogP contribution >= 0.6 is 0 Å². The second kappa shape index (κ2) is 6.78. The quantitative estimate of drug-likeness (QED) is 0.732. The van der Waals surface area contributed by atoms with Gasteiger partial charge in [0.25, 0.3) is 5.56 Å². The minimum absolute atomic E-state index is 0.137. The average Bonchev–Trinajstić information content (AvgIpc) is 2.99. The highest BCUT2D eigenvalue weighted by Gasteiger charge is 2.30. The van der Waals surface area contributed by atoms with E-state index >= 15 is 0 Å². The Morgan fingerprint density at radius 1 is 1.25 bits per heavy atom. The molecular weight excluding hydrogens is 354 g/mol. The lowest BCUT2D eigenvalue weighted by atomic mass is 9.99. The number of benzene rings is 2. The van der Waals surface area contributed by atoms with Gasteiger partial charge in [-0.05, 0) is 44.0 Å². The van der Waals surface area contributed by atoms with E-state index in [-0.39, 0.29) is 17.1 Å². The minimum atomic E-state index is -0.488. The first-order chi connectivity index (χ1) is 13.3. The number of amides is 1. The Balaban J connectivity index is 1.50. The number of rotatable bonds is 4. The molecular formula is C22H23N3O3. The number of hydrogen-bond donors (Lipinski definition) is 2. The van der Waals surface area contributed by atoms with Crippen molar-refractivity contribution in [1.82, 2.24) is 15.5 Å². The summed E-state index contributed by atoms with van der Waals surface area (Å²) in [6.45, 7) is 6.36. The van der Waals surface area contributed by atoms with E-state index in [9.17, 15) is 9.59 Å². The standard InChI is InChI=1S/C22H23N3O3/c1-13(19-16-6-4-5-7-17(16)21(27)25-24-19)20(26)23-12-14-8-9-18-15(10-14)11-22(2,3)28-18/h4-10,13H,11-12H2,1-3H3,(H,23,26)(H,25,27)/t13-/m1/s1. The summed E-state index contributed by atoms with van der Waals surface area (Å²) in [5.41, 5.74) is 2.32. The van der Waals surface area contributed by atoms with Gasteiger partial charge in [0.15, 0.2) is 0 Å². The summed E-state index contributed by atoms with van der Waals surface area (Å²) in [5.74, 6) is 0.289. The molecule has 2 heterocycles. The molecule has 144 valence electrons. The number of carbonyl (C=O) groups is 1. The topological polar surface area (TPSA) is 84.1 Å². The van der Waals surface area contributed by atoms with Crippen LogP contribution in [0.2, 0.25) is 0 Å². The van der Waals surface area contributed by atoms with Crippen molar-refractivity contribution in [3.63, 3.8) is 0 Å². The van der Waals surface area contributed by atoms with Crippen LogP contribution in [0.5, 0.6) is 5.75 Å². The maximum atomic E-state index is 12.7. The summed E-state index contributed by atoms with van der Waals surface area (Å²) in [6.07, 6.45) is 0.855. The van der Waals surface area contributed by atoms with Gasteiger partial charge in [-0.1, -0.05) is 30.3 Å². The lowest BCUT2D eigenvalue weighted by Crippen LogP contribution is -2.29. The van der Waals surface area contributed by atoms with E-state index in [0.29, 0.717) is 23.0 Å². The largest absolute Gasteiger partial charge is 0.487 e. The molecule has 0 radical (unpaired) electrons. The predicted molar refractivity (Wildman–Crippen MR) is 107 cm³/mol. The Kier molecular flexibility index (Phi) is 4.41. The molecule has 0 spiro atoms. The predicted octanol–water partition coefficient (Wildman–Crippen LogP) is 3.06. The molecule has 0 unspecified atom stereocenters. The fourth-order valence-corrected chi connectivity index (χ4v) is 3.71. The maximum Gasteiger partial charge on any atom is 0.272 e. The van der Waals surface area contributed by atoms with Gasteiger partial charge in [0, 0.05) is 18.4 Å². The third-order valence-corrected chi connectivity index (χ3v) is 5.12. The smallest absolute Gasteiger partial charge is 0.272 e. The zero-order chi connectivity index (χ0) is 19.9. The third kappa shape index (κ3) is 3.38. The minimum Gasteiger partial charge on any atom is -0.487 e. The van der Waals surface area contributed by atoms with Crippen LogP contribution in [0.4, 0.5) is 0 Å². The van der Waals surface area contributed by atoms with Gasteiger partial charge in [0.2, 0.25) is 5.91 Å². The summed E-state index contributed by atoms with van der Waals surface area (Å²) >= 11 is 0. The first kappa shape index (κ1) is 18.2. The summed E-state index contributed by atoms with van der Waals surface area (Å²) < 4.78 is 5.90. The lowest BCUT2D eigenvalue weighted by Gasteiger charge is -2.16. The molecule has 2 aromatic carbocycles. The number of carbonyl (C=O) groups excluding carboxylic acids is 1. The fraction of sp³-hybridized carbons (Fsp3) is 0.318. The van der Waals surface area contributed by atoms with E-state index < -0.39 is 5.92 Å². The van der Waals surface area contributed by atoms with E-state index in [1.165, 1.54) is 0 Å². The molecule has 0 aliphatic carbocycles. The second-order valence-corrected chi connectivity index (χ2v) is 7.90. The summed E-state index contributed by atoms with van der Waals surface area (Å²) in [5, 5.41) is 10.8. The number of H-pyrrole nitrogens is 1. The molecule has 0 saturated carbocycles. The first-order valence-corrected chi connectivity index (χ1v) is 9.40. The highest BCUT2D eigenvalue weighted by molar-refractivity contribution is 5.90. The Bertz CT molecular complexity index is 1120. The van der Waals surface area contributed by atoms with Crippen LogP contribution in [0.3, 0.4) is 0 Å². The molecule has 3 aromatic rings. The van der Waals surface area contributed by atoms with Crippen LogP contribution in [0, 0.1) is 0 Å². The first-order valence-electron chi connectivity index (χ1n) is 9.40. The molecule has 2 N–H and O–H groups in total. The van der Waals surface area contributed by atoms with Crippen molar-refractivity contribution in [2.75, 3.05) is 0 Å². The van der Waals surface area contributed by atoms with Crippen molar-refractivity contribution in [1.29, 1.82) is 0 Å². The van der Waals surface area contributed by atoms with Gasteiger partial charge in [-0.2, -0.15) is 5.10 Å². The molecule has 1 aromatic heterocycles. The zero-order valence-electron chi connectivity index (χ0n) is 16.2. The average molecular weight is 377 g/mol. The molecule has 6 nitrogen and oxygen atoms in total. The van der Waals surface area contributed by atoms with Gasteiger partial charge in [0.05, 0.1) is 17.0 Å². The number of aromatic amines is 1. The van der Waals surface area contributed by atoms with E-state index in [0.717, 1.165) is 23.3 Å². The SMILES string of the molecule is C[C@@H](C(=O)NCc1ccc2c(c1)CC(C)(C)O2)c1n[nH]c(=O)c2ccccc12. The molecule has 0 saturated heterocycles. The van der Waals surface area contributed by atoms with Crippen molar-refractivity contribution >= 4 is 16.7 Å². The molecule has 1 aliphatic heterocycles. The number of ether oxygens (including phenoxy) is 1. The van der Waals surface area contributed by atoms with Gasteiger partial charge in [0.1, 0.15) is 11.4 Å². The van der Waals surface area contributed by atoms with E-state index in [1.807, 2.05) is 24.3 Å². The molecule has 4 rings (SSSR count). The molecule has 1 amide bonds. The molecule has 0 bridgehead atoms. The number of nitrogens with one attached hydrogen (secondary N) is 2. The van der Waals surface area contributed by atoms with E-state index in [4.69, 9.17) is 4.74 Å². The maximum absolute atomic E-state index is 12.7. The Hall–Kier alpha value is -3.15. The number of hydrogen-bond acceptors (Lipinski definition) is 4. The van der Waals surface area contributed by atoms with Crippen LogP contribution in [-0.4, -0.2) is 21.7 Å². The van der Waals surface area contributed by atoms with Gasteiger partial charge < -0.3 is 10.1 Å². The van der Waals surface area contributed by atoms with Crippen LogP contribution in [0.25, 0.3) is 10.8 Å². The highest BCUT2D eigenvalue weighted by atomic mass is 16.5. The van der Waals surface area contributed by atoms with Crippen molar-refractivity contribution in [3.8, 4) is 5.75 Å². The summed E-state index contributed by atoms with van der Waals surface area (Å²) in [7, 11) is 0. The number of fused-ring (bicyclic) bond motifs is 2. The fourth-order valence-electron chi connectivity index (χ4n) is 3.71. The van der Waals surface area contributed by atoms with Crippen LogP contribution < -0.4 is 15.6 Å². The van der Waals surface area contributed by atoms with Gasteiger partial charge in [-0.15, -0.1) is 0 Å². The van der Waals surface area contributed by atoms with Gasteiger partial charge in [-0.25, -0.2) is 5.10 Å². The third-order valence-electron chi connectivity index (χ3n) is 5.12. The highest BCUT2D eigenvalue weighted by Crippen LogP contribution is 2.35. The zero-order valence-corrected chi connectivity index (χ0v) is 16.2. The second-order valence-electron chi connectivity index (χ2n) is 7.90. The summed E-state index contributed by atoms with van der Waals surface area (Å²) in [4.78, 5) is 24.7. The Morgan fingerprint density at radius 3 is 2.79 bits per heavy atom. The molecule has 28 heavy (non-hydrogen) atoms. The molecule has 0 fully saturated rings. The van der Waals surface area contributed by atoms with Gasteiger partial charge in [-0.3, -0.25) is 9.59 Å². The summed E-state index contributed by atoms with van der Waals surface area (Å²) in [6, 6.07) is 13.2. The van der Waals surface area contributed by atoms with Crippen molar-refractivity contribution < 1.29 is 9.53 Å². The molecule has 6 heteroatoms. The normalized spacial score (nSPS) is 15.7. The Morgan fingerprint density at radius 2 is 2.00 bits per heavy atom. The van der Waals surface area contributed by atoms with E-state index in [2.05, 4.69) is 35.4 Å². The van der Waals surface area contributed by atoms with Gasteiger partial charge >= 0.3 is 0 Å². The lowest BCUT2D eigenvalue weighted by molar-refractivity contribution is -0.122. The van der Waals surface area contributed by atoms with E-state index in [1.54, 1.807) is 19.1 Å². The van der Waals surface area contributed by atoms with Crippen LogP contribution in [0.1, 0.15) is 43.5 Å². The monoisotopic (exact) mass is 377 g/mol. The number of aromatic nitrogens is 2. The van der Waals surface area contributed by atoms with Crippen molar-refractivity contribution in [2.45, 2.75) is 45.3 Å².